The number of hydrogen-bond donors (Lipinski definition) is 1. The van der Waals surface area contributed by atoms with Gasteiger partial charge in [0.1, 0.15) is 0 Å². The van der Waals surface area contributed by atoms with Crippen LogP contribution in [0.5, 0.6) is 0 Å². The molecule has 16 heavy (non-hydrogen) atoms. The second-order valence-corrected chi connectivity index (χ2v) is 4.85. The average Bonchev–Trinajstić information content (AvgIpc) is 2.59. The minimum Gasteiger partial charge on any atom is -0.309 e. The van der Waals surface area contributed by atoms with E-state index in [9.17, 15) is 0 Å². The van der Waals surface area contributed by atoms with E-state index in [0.717, 1.165) is 18.1 Å². The number of aryl methyl sites for hydroxylation is 1. The Morgan fingerprint density at radius 2 is 2.44 bits per heavy atom. The van der Waals surface area contributed by atoms with Crippen molar-refractivity contribution in [1.29, 1.82) is 0 Å². The second-order valence-electron chi connectivity index (χ2n) is 3.74. The van der Waals surface area contributed by atoms with Crippen LogP contribution in [0, 0.1) is 19.3 Å². The molecule has 0 saturated heterocycles. The molecule has 3 nitrogen and oxygen atoms in total. The van der Waals surface area contributed by atoms with Crippen LogP contribution >= 0.6 is 11.8 Å². The molecular formula is C12H19N3S. The molecule has 1 aromatic heterocycles. The van der Waals surface area contributed by atoms with Gasteiger partial charge in [0, 0.05) is 36.6 Å². The van der Waals surface area contributed by atoms with Gasteiger partial charge in [-0.2, -0.15) is 5.10 Å². The number of rotatable bonds is 6. The van der Waals surface area contributed by atoms with Crippen LogP contribution in [0.1, 0.15) is 24.2 Å². The Morgan fingerprint density at radius 3 is 3.00 bits per heavy atom. The molecule has 0 aliphatic heterocycles. The Hall–Kier alpha value is -0.920. The van der Waals surface area contributed by atoms with Crippen LogP contribution in [0.4, 0.5) is 0 Å². The molecule has 1 heterocycles. The molecule has 1 aromatic rings. The van der Waals surface area contributed by atoms with Gasteiger partial charge in [-0.3, -0.25) is 4.68 Å². The van der Waals surface area contributed by atoms with Gasteiger partial charge in [0.05, 0.1) is 11.9 Å². The van der Waals surface area contributed by atoms with E-state index >= 15 is 0 Å². The smallest absolute Gasteiger partial charge is 0.0545 e. The van der Waals surface area contributed by atoms with E-state index in [2.05, 4.69) is 30.2 Å². The lowest BCUT2D eigenvalue weighted by atomic mass is 10.1. The highest BCUT2D eigenvalue weighted by atomic mass is 32.2. The second kappa shape index (κ2) is 6.62. The molecule has 0 saturated carbocycles. The molecule has 0 aliphatic rings. The summed E-state index contributed by atoms with van der Waals surface area (Å²) >= 11 is 1.78. The summed E-state index contributed by atoms with van der Waals surface area (Å²) in [6.07, 6.45) is 7.11. The van der Waals surface area contributed by atoms with Crippen LogP contribution < -0.4 is 5.32 Å². The summed E-state index contributed by atoms with van der Waals surface area (Å²) in [6, 6.07) is 0.347. The van der Waals surface area contributed by atoms with Crippen molar-refractivity contribution in [3.63, 3.8) is 0 Å². The van der Waals surface area contributed by atoms with Crippen LogP contribution in [0.3, 0.4) is 0 Å². The first-order valence-electron chi connectivity index (χ1n) is 5.40. The highest BCUT2D eigenvalue weighted by Gasteiger charge is 2.10. The largest absolute Gasteiger partial charge is 0.309 e. The number of nitrogens with zero attached hydrogens (tertiary/aromatic N) is 2. The minimum atomic E-state index is 0.347. The van der Waals surface area contributed by atoms with Crippen LogP contribution in [0.25, 0.3) is 0 Å². The molecule has 88 valence electrons. The Kier molecular flexibility index (Phi) is 5.44. The summed E-state index contributed by atoms with van der Waals surface area (Å²) in [5, 5.41) is 7.71. The molecule has 0 spiro atoms. The summed E-state index contributed by atoms with van der Waals surface area (Å²) in [6.45, 7) is 5.23. The van der Waals surface area contributed by atoms with E-state index in [-0.39, 0.29) is 0 Å². The molecule has 1 rings (SSSR count). The van der Waals surface area contributed by atoms with Crippen molar-refractivity contribution >= 4 is 11.8 Å². The summed E-state index contributed by atoms with van der Waals surface area (Å²) in [5.41, 5.74) is 2.49. The van der Waals surface area contributed by atoms with Crippen molar-refractivity contribution in [2.24, 2.45) is 7.05 Å². The summed E-state index contributed by atoms with van der Waals surface area (Å²) < 4.78 is 1.90. The van der Waals surface area contributed by atoms with Crippen molar-refractivity contribution in [3.05, 3.63) is 17.5 Å². The molecule has 0 fully saturated rings. The van der Waals surface area contributed by atoms with Crippen LogP contribution in [0.15, 0.2) is 6.20 Å². The Labute approximate surface area is 102 Å². The lowest BCUT2D eigenvalue weighted by Gasteiger charge is -2.13. The van der Waals surface area contributed by atoms with E-state index in [4.69, 9.17) is 6.42 Å². The van der Waals surface area contributed by atoms with Gasteiger partial charge in [-0.25, -0.2) is 0 Å². The normalized spacial score (nSPS) is 12.4. The van der Waals surface area contributed by atoms with Crippen molar-refractivity contribution in [3.8, 4) is 12.3 Å². The maximum Gasteiger partial charge on any atom is 0.0545 e. The Balaban J connectivity index is 2.33. The van der Waals surface area contributed by atoms with Gasteiger partial charge >= 0.3 is 0 Å². The number of nitrogens with one attached hydrogen (secondary N) is 1. The molecule has 0 radical (unpaired) electrons. The van der Waals surface area contributed by atoms with Gasteiger partial charge in [0.25, 0.3) is 0 Å². The molecule has 0 aliphatic carbocycles. The van der Waals surface area contributed by atoms with Crippen LogP contribution in [0.2, 0.25) is 0 Å². The van der Waals surface area contributed by atoms with Gasteiger partial charge < -0.3 is 5.32 Å². The molecule has 1 unspecified atom stereocenters. The topological polar surface area (TPSA) is 29.9 Å². The van der Waals surface area contributed by atoms with E-state index in [1.165, 1.54) is 11.3 Å². The maximum atomic E-state index is 5.18. The molecule has 0 aromatic carbocycles. The molecule has 0 bridgehead atoms. The molecule has 1 N–H and O–H groups in total. The predicted octanol–water partition coefficient (Wildman–Crippen LogP) is 1.75. The number of aromatic nitrogens is 2. The van der Waals surface area contributed by atoms with Crippen molar-refractivity contribution in [2.45, 2.75) is 19.9 Å². The SMILES string of the molecule is C#CCSCCNC(C)c1cnn(C)c1C. The van der Waals surface area contributed by atoms with Gasteiger partial charge in [0.15, 0.2) is 0 Å². The zero-order valence-corrected chi connectivity index (χ0v) is 11.0. The van der Waals surface area contributed by atoms with E-state index < -0.39 is 0 Å². The summed E-state index contributed by atoms with van der Waals surface area (Å²) in [7, 11) is 1.97. The number of terminal acetylenes is 1. The summed E-state index contributed by atoms with van der Waals surface area (Å²) in [4.78, 5) is 0. The third-order valence-electron chi connectivity index (χ3n) is 2.62. The summed E-state index contributed by atoms with van der Waals surface area (Å²) in [5.74, 6) is 4.46. The fourth-order valence-corrected chi connectivity index (χ4v) is 2.05. The zero-order chi connectivity index (χ0) is 12.0. The third-order valence-corrected chi connectivity index (χ3v) is 3.49. The fourth-order valence-electron chi connectivity index (χ4n) is 1.53. The highest BCUT2D eigenvalue weighted by Crippen LogP contribution is 2.15. The van der Waals surface area contributed by atoms with Gasteiger partial charge in [-0.1, -0.05) is 5.92 Å². The van der Waals surface area contributed by atoms with E-state index in [1.807, 2.05) is 17.9 Å². The first kappa shape index (κ1) is 13.1. The Morgan fingerprint density at radius 1 is 1.69 bits per heavy atom. The van der Waals surface area contributed by atoms with Gasteiger partial charge in [0.2, 0.25) is 0 Å². The molecule has 0 amide bonds. The van der Waals surface area contributed by atoms with E-state index in [0.29, 0.717) is 6.04 Å². The first-order valence-corrected chi connectivity index (χ1v) is 6.55. The number of hydrogen-bond acceptors (Lipinski definition) is 3. The maximum absolute atomic E-state index is 5.18. The van der Waals surface area contributed by atoms with Crippen molar-refractivity contribution in [1.82, 2.24) is 15.1 Å². The molecule has 1 atom stereocenters. The standard InChI is InChI=1S/C12H19N3S/c1-5-7-16-8-6-13-10(2)12-9-14-15(4)11(12)3/h1,9-10,13H,6-8H2,2-4H3. The average molecular weight is 237 g/mol. The number of thioether (sulfide) groups is 1. The predicted molar refractivity (Wildman–Crippen MR) is 70.5 cm³/mol. The van der Waals surface area contributed by atoms with Crippen LogP contribution in [-0.4, -0.2) is 27.8 Å². The lowest BCUT2D eigenvalue weighted by Crippen LogP contribution is -2.21. The van der Waals surface area contributed by atoms with Crippen molar-refractivity contribution < 1.29 is 0 Å². The van der Waals surface area contributed by atoms with Crippen molar-refractivity contribution in [2.75, 3.05) is 18.1 Å². The highest BCUT2D eigenvalue weighted by molar-refractivity contribution is 7.99. The molecular weight excluding hydrogens is 218 g/mol. The van der Waals surface area contributed by atoms with E-state index in [1.54, 1.807) is 11.8 Å². The zero-order valence-electron chi connectivity index (χ0n) is 10.2. The molecule has 4 heteroatoms. The van der Waals surface area contributed by atoms with Gasteiger partial charge in [-0.05, 0) is 13.8 Å². The fraction of sp³-hybridized carbons (Fsp3) is 0.583. The van der Waals surface area contributed by atoms with Gasteiger partial charge in [-0.15, -0.1) is 18.2 Å². The van der Waals surface area contributed by atoms with Crippen LogP contribution in [-0.2, 0) is 7.05 Å². The first-order chi connectivity index (χ1) is 7.66. The minimum absolute atomic E-state index is 0.347. The Bertz CT molecular complexity index is 365. The third kappa shape index (κ3) is 3.58. The quantitative estimate of drug-likeness (QED) is 0.604. The lowest BCUT2D eigenvalue weighted by molar-refractivity contribution is 0.596. The monoisotopic (exact) mass is 237 g/mol.